The van der Waals surface area contributed by atoms with Gasteiger partial charge in [0.05, 0.1) is 39.6 Å². The van der Waals surface area contributed by atoms with Crippen molar-refractivity contribution in [2.24, 2.45) is 0 Å². The highest BCUT2D eigenvalue weighted by Crippen LogP contribution is 2.22. The van der Waals surface area contributed by atoms with Crippen molar-refractivity contribution in [2.75, 3.05) is 39.6 Å². The lowest BCUT2D eigenvalue weighted by Gasteiger charge is -2.19. The summed E-state index contributed by atoms with van der Waals surface area (Å²) in [6.45, 7) is -6.21. The van der Waals surface area contributed by atoms with E-state index >= 15 is 0 Å². The molecule has 276 valence electrons. The smallest absolute Gasteiger partial charge is 0.293 e. The molecule has 0 aliphatic carbocycles. The molecule has 12 heteroatoms. The summed E-state index contributed by atoms with van der Waals surface area (Å²) in [5.74, 6) is -9.86. The molecule has 0 amide bonds. The molecule has 0 unspecified atom stereocenters. The number of alkyl halides is 6. The Hall–Kier alpha value is -3.78. The molecule has 0 saturated heterocycles. The Morgan fingerprint density at radius 3 is 0.706 bits per heavy atom. The van der Waals surface area contributed by atoms with Crippen LogP contribution in [0.4, 0.5) is 26.3 Å². The molecule has 0 N–H and O–H groups in total. The quantitative estimate of drug-likeness (QED) is 0.0675. The monoisotopic (exact) mass is 720 g/mol. The van der Waals surface area contributed by atoms with Crippen molar-refractivity contribution in [1.82, 2.24) is 0 Å². The maximum absolute atomic E-state index is 14.5. The van der Waals surface area contributed by atoms with Crippen molar-refractivity contribution < 1.29 is 54.8 Å². The zero-order chi connectivity index (χ0) is 36.4. The predicted octanol–water partition coefficient (Wildman–Crippen LogP) is 8.79. The fourth-order valence-electron chi connectivity index (χ4n) is 4.85. The molecular weight excluding hydrogens is 678 g/mol. The van der Waals surface area contributed by atoms with E-state index in [0.717, 1.165) is 16.7 Å². The minimum Gasteiger partial charge on any atom is -0.370 e. The molecule has 0 heterocycles. The topological polar surface area (TPSA) is 55.4 Å². The van der Waals surface area contributed by atoms with Gasteiger partial charge in [-0.15, -0.1) is 0 Å². The zero-order valence-electron chi connectivity index (χ0n) is 28.1. The second kappa shape index (κ2) is 20.3. The average molecular weight is 721 g/mol. The molecule has 4 rings (SSSR count). The summed E-state index contributed by atoms with van der Waals surface area (Å²) < 4.78 is 118. The first-order valence-electron chi connectivity index (χ1n) is 16.3. The number of benzene rings is 4. The lowest BCUT2D eigenvalue weighted by molar-refractivity contribution is -0.130. The van der Waals surface area contributed by atoms with E-state index < -0.39 is 57.4 Å². The molecule has 4 aromatic carbocycles. The maximum Gasteiger partial charge on any atom is 0.293 e. The van der Waals surface area contributed by atoms with Crippen molar-refractivity contribution in [2.45, 2.75) is 57.4 Å². The van der Waals surface area contributed by atoms with E-state index in [4.69, 9.17) is 28.4 Å². The van der Waals surface area contributed by atoms with Crippen LogP contribution in [0.25, 0.3) is 0 Å². The maximum atomic E-state index is 14.5. The number of hydrogen-bond acceptors (Lipinski definition) is 6. The van der Waals surface area contributed by atoms with Gasteiger partial charge >= 0.3 is 0 Å². The molecule has 0 atom stereocenters. The van der Waals surface area contributed by atoms with Gasteiger partial charge in [-0.2, -0.15) is 0 Å². The van der Waals surface area contributed by atoms with Gasteiger partial charge in [0.1, 0.15) is 39.6 Å². The van der Waals surface area contributed by atoms with Gasteiger partial charge in [-0.25, -0.2) is 26.3 Å². The second-order valence-electron chi connectivity index (χ2n) is 12.1. The van der Waals surface area contributed by atoms with Crippen molar-refractivity contribution in [3.63, 3.8) is 0 Å². The summed E-state index contributed by atoms with van der Waals surface area (Å²) in [5, 5.41) is 0. The molecule has 4 aromatic rings. The van der Waals surface area contributed by atoms with Gasteiger partial charge < -0.3 is 28.4 Å². The third-order valence-corrected chi connectivity index (χ3v) is 7.13. The Morgan fingerprint density at radius 2 is 0.490 bits per heavy atom. The second-order valence-corrected chi connectivity index (χ2v) is 12.1. The van der Waals surface area contributed by atoms with E-state index in [1.54, 1.807) is 91.0 Å². The van der Waals surface area contributed by atoms with Crippen LogP contribution in [0, 0.1) is 0 Å². The van der Waals surface area contributed by atoms with Gasteiger partial charge in [-0.05, 0) is 33.4 Å². The van der Waals surface area contributed by atoms with Crippen molar-refractivity contribution >= 4 is 0 Å². The standard InChI is InChI=1S/C39H42F6O6/c40-37(41,25-46-19-31-10-4-1-5-11-31)28-49-22-34-16-35(23-50-29-38(42,43)26-47-20-32-12-6-2-7-13-32)18-36(17-34)24-51-30-39(44,45)27-48-21-33-14-8-3-9-15-33/h1-18H,19-30H2. The first kappa shape index (κ1) is 40.0. The largest absolute Gasteiger partial charge is 0.370 e. The summed E-state index contributed by atoms with van der Waals surface area (Å²) >= 11 is 0. The average Bonchev–Trinajstić information content (AvgIpc) is 3.09. The van der Waals surface area contributed by atoms with Crippen molar-refractivity contribution in [1.29, 1.82) is 0 Å². The van der Waals surface area contributed by atoms with Crippen LogP contribution in [-0.2, 0) is 68.1 Å². The highest BCUT2D eigenvalue weighted by Gasteiger charge is 2.32. The summed E-state index contributed by atoms with van der Waals surface area (Å²) in [7, 11) is 0. The lowest BCUT2D eigenvalue weighted by Crippen LogP contribution is -2.30. The summed E-state index contributed by atoms with van der Waals surface area (Å²) in [4.78, 5) is 0. The van der Waals surface area contributed by atoms with Gasteiger partial charge in [0, 0.05) is 0 Å². The normalized spacial score (nSPS) is 12.4. The number of halogens is 6. The highest BCUT2D eigenvalue weighted by molar-refractivity contribution is 5.29. The summed E-state index contributed by atoms with van der Waals surface area (Å²) in [6.07, 6.45) is 0. The minimum atomic E-state index is -3.29. The Kier molecular flexibility index (Phi) is 15.9. The van der Waals surface area contributed by atoms with E-state index in [0.29, 0.717) is 16.7 Å². The molecule has 0 aliphatic heterocycles. The minimum absolute atomic E-state index is 0.0121. The Balaban J connectivity index is 1.29. The van der Waals surface area contributed by atoms with E-state index in [1.165, 1.54) is 0 Å². The highest BCUT2D eigenvalue weighted by atomic mass is 19.3. The molecule has 0 fully saturated rings. The fourth-order valence-corrected chi connectivity index (χ4v) is 4.85. The van der Waals surface area contributed by atoms with Crippen LogP contribution in [0.3, 0.4) is 0 Å². The Morgan fingerprint density at radius 1 is 0.294 bits per heavy atom. The SMILES string of the molecule is FC(F)(COCc1ccccc1)COCc1cc(COCC(F)(F)COCc2ccccc2)cc(COCC(F)(F)COCc2ccccc2)c1. The van der Waals surface area contributed by atoms with Gasteiger partial charge in [-0.3, -0.25) is 0 Å². The van der Waals surface area contributed by atoms with Crippen LogP contribution in [0.2, 0.25) is 0 Å². The molecule has 0 spiro atoms. The first-order chi connectivity index (χ1) is 24.5. The third-order valence-electron chi connectivity index (χ3n) is 7.13. The molecule has 0 saturated carbocycles. The van der Waals surface area contributed by atoms with E-state index in [9.17, 15) is 26.3 Å². The molecular formula is C39H42F6O6. The Bertz CT molecular complexity index is 1350. The Labute approximate surface area is 294 Å². The first-order valence-corrected chi connectivity index (χ1v) is 16.3. The van der Waals surface area contributed by atoms with Crippen LogP contribution in [-0.4, -0.2) is 57.4 Å². The van der Waals surface area contributed by atoms with Crippen LogP contribution >= 0.6 is 0 Å². The molecule has 0 aliphatic rings. The van der Waals surface area contributed by atoms with Crippen molar-refractivity contribution in [3.8, 4) is 0 Å². The number of ether oxygens (including phenoxy) is 6. The fraction of sp³-hybridized carbons (Fsp3) is 0.385. The van der Waals surface area contributed by atoms with Crippen LogP contribution in [0.15, 0.2) is 109 Å². The van der Waals surface area contributed by atoms with Crippen LogP contribution in [0.5, 0.6) is 0 Å². The summed E-state index contributed by atoms with van der Waals surface area (Å²) in [5.41, 5.74) is 3.43. The van der Waals surface area contributed by atoms with E-state index in [-0.39, 0.29) is 39.6 Å². The zero-order valence-corrected chi connectivity index (χ0v) is 28.1. The van der Waals surface area contributed by atoms with E-state index in [2.05, 4.69) is 0 Å². The van der Waals surface area contributed by atoms with Gasteiger partial charge in [0.25, 0.3) is 17.8 Å². The van der Waals surface area contributed by atoms with E-state index in [1.807, 2.05) is 18.2 Å². The van der Waals surface area contributed by atoms with Gasteiger partial charge in [-0.1, -0.05) is 109 Å². The molecule has 0 aromatic heterocycles. The molecule has 6 nitrogen and oxygen atoms in total. The van der Waals surface area contributed by atoms with Crippen LogP contribution < -0.4 is 0 Å². The van der Waals surface area contributed by atoms with Gasteiger partial charge in [0.2, 0.25) is 0 Å². The van der Waals surface area contributed by atoms with Crippen LogP contribution in [0.1, 0.15) is 33.4 Å². The predicted molar refractivity (Wildman–Crippen MR) is 179 cm³/mol. The molecule has 0 radical (unpaired) electrons. The number of hydrogen-bond donors (Lipinski definition) is 0. The lowest BCUT2D eigenvalue weighted by atomic mass is 10.1. The van der Waals surface area contributed by atoms with Crippen molar-refractivity contribution in [3.05, 3.63) is 143 Å². The number of rotatable bonds is 24. The molecule has 51 heavy (non-hydrogen) atoms. The molecule has 0 bridgehead atoms. The third kappa shape index (κ3) is 16.4. The van der Waals surface area contributed by atoms with Gasteiger partial charge in [0.15, 0.2) is 0 Å². The summed E-state index contributed by atoms with van der Waals surface area (Å²) in [6, 6.07) is 31.3.